The van der Waals surface area contributed by atoms with Gasteiger partial charge in [-0.1, -0.05) is 136 Å². The van der Waals surface area contributed by atoms with Crippen molar-refractivity contribution in [1.82, 2.24) is 0 Å². The number of hydrogen-bond donors (Lipinski definition) is 1. The second-order valence-corrected chi connectivity index (χ2v) is 11.4. The van der Waals surface area contributed by atoms with Gasteiger partial charge < -0.3 is 15.2 Å². The molecule has 0 heterocycles. The van der Waals surface area contributed by atoms with Crippen LogP contribution in [0.4, 0.5) is 4.39 Å². The Morgan fingerprint density at radius 3 is 1.56 bits per heavy atom. The van der Waals surface area contributed by atoms with E-state index in [-0.39, 0.29) is 19.0 Å². The van der Waals surface area contributed by atoms with Crippen molar-refractivity contribution in [2.75, 3.05) is 13.2 Å². The van der Waals surface area contributed by atoms with Crippen LogP contribution in [0.3, 0.4) is 0 Å². The normalized spacial score (nSPS) is 12.8. The van der Waals surface area contributed by atoms with Gasteiger partial charge >= 0.3 is 11.9 Å². The van der Waals surface area contributed by atoms with E-state index in [0.717, 1.165) is 32.1 Å². The van der Waals surface area contributed by atoms with Crippen LogP contribution in [0.15, 0.2) is 0 Å². The number of nitrogens with two attached hydrogens (primary N) is 1. The summed E-state index contributed by atoms with van der Waals surface area (Å²) in [6.07, 6.45) is 25.7. The van der Waals surface area contributed by atoms with Crippen molar-refractivity contribution in [3.63, 3.8) is 0 Å². The zero-order chi connectivity index (χ0) is 28.8. The zero-order valence-corrected chi connectivity index (χ0v) is 25.8. The average Bonchev–Trinajstić information content (AvgIpc) is 2.92. The van der Waals surface area contributed by atoms with Crippen molar-refractivity contribution in [2.24, 2.45) is 5.73 Å². The number of carbonyl (C=O) groups is 2. The lowest BCUT2D eigenvalue weighted by atomic mass is 10.0. The molecule has 5 nitrogen and oxygen atoms in total. The van der Waals surface area contributed by atoms with E-state index in [4.69, 9.17) is 15.2 Å². The number of esters is 2. The van der Waals surface area contributed by atoms with E-state index in [1.165, 1.54) is 89.9 Å². The zero-order valence-electron chi connectivity index (χ0n) is 25.8. The van der Waals surface area contributed by atoms with Crippen molar-refractivity contribution < 1.29 is 23.5 Å². The SMILES string of the molecule is CCCCCCCCCCCCCCCCOC(=O)CCCCC(N)C(=O)OCCC(F)CCCCCCC. The van der Waals surface area contributed by atoms with Gasteiger partial charge in [-0.3, -0.25) is 9.59 Å². The molecule has 2 atom stereocenters. The first-order chi connectivity index (χ1) is 19.0. The van der Waals surface area contributed by atoms with Gasteiger partial charge in [-0.05, 0) is 25.7 Å². The highest BCUT2D eigenvalue weighted by Crippen LogP contribution is 2.14. The van der Waals surface area contributed by atoms with E-state index in [0.29, 0.717) is 38.7 Å². The smallest absolute Gasteiger partial charge is 0.322 e. The third kappa shape index (κ3) is 28.2. The maximum absolute atomic E-state index is 13.9. The molecule has 0 aliphatic carbocycles. The van der Waals surface area contributed by atoms with Crippen LogP contribution in [0.2, 0.25) is 0 Å². The molecule has 0 aliphatic rings. The molecule has 2 unspecified atom stereocenters. The fourth-order valence-corrected chi connectivity index (χ4v) is 4.81. The molecule has 6 heteroatoms. The van der Waals surface area contributed by atoms with Crippen molar-refractivity contribution in [3.8, 4) is 0 Å². The minimum Gasteiger partial charge on any atom is -0.466 e. The van der Waals surface area contributed by atoms with E-state index in [1.807, 2.05) is 0 Å². The summed E-state index contributed by atoms with van der Waals surface area (Å²) in [5.74, 6) is -0.657. The second kappa shape index (κ2) is 29.8. The molecule has 0 amide bonds. The second-order valence-electron chi connectivity index (χ2n) is 11.4. The van der Waals surface area contributed by atoms with Crippen LogP contribution in [0, 0.1) is 0 Å². The Labute approximate surface area is 240 Å². The summed E-state index contributed by atoms with van der Waals surface area (Å²) < 4.78 is 24.4. The van der Waals surface area contributed by atoms with Crippen molar-refractivity contribution in [2.45, 2.75) is 187 Å². The minimum atomic E-state index is -0.925. The lowest BCUT2D eigenvalue weighted by Gasteiger charge is -2.13. The summed E-state index contributed by atoms with van der Waals surface area (Å²) in [5, 5.41) is 0. The number of unbranched alkanes of at least 4 members (excludes halogenated alkanes) is 18. The summed E-state index contributed by atoms with van der Waals surface area (Å²) in [6, 6.07) is -0.719. The molecule has 232 valence electrons. The Balaban J connectivity index is 3.46. The maximum Gasteiger partial charge on any atom is 0.322 e. The number of rotatable bonds is 30. The summed E-state index contributed by atoms with van der Waals surface area (Å²) >= 11 is 0. The number of ether oxygens (including phenoxy) is 2. The predicted molar refractivity (Wildman–Crippen MR) is 162 cm³/mol. The Hall–Kier alpha value is -1.17. The van der Waals surface area contributed by atoms with Crippen LogP contribution in [0.5, 0.6) is 0 Å². The first-order valence-corrected chi connectivity index (χ1v) is 16.7. The number of halogens is 1. The van der Waals surface area contributed by atoms with Gasteiger partial charge in [-0.15, -0.1) is 0 Å². The van der Waals surface area contributed by atoms with Crippen LogP contribution < -0.4 is 5.73 Å². The van der Waals surface area contributed by atoms with Crippen LogP contribution in [-0.4, -0.2) is 37.4 Å². The maximum atomic E-state index is 13.9. The topological polar surface area (TPSA) is 78.6 Å². The van der Waals surface area contributed by atoms with E-state index < -0.39 is 18.2 Å². The van der Waals surface area contributed by atoms with Crippen LogP contribution >= 0.6 is 0 Å². The molecule has 0 rings (SSSR count). The lowest BCUT2D eigenvalue weighted by Crippen LogP contribution is -2.32. The number of hydrogen-bond acceptors (Lipinski definition) is 5. The molecule has 39 heavy (non-hydrogen) atoms. The molecule has 0 aromatic rings. The molecule has 0 aromatic heterocycles. The van der Waals surface area contributed by atoms with E-state index in [1.54, 1.807) is 0 Å². The van der Waals surface area contributed by atoms with Crippen LogP contribution in [-0.2, 0) is 19.1 Å². The third-order valence-electron chi connectivity index (χ3n) is 7.51. The predicted octanol–water partition coefficient (Wildman–Crippen LogP) is 9.53. The Morgan fingerprint density at radius 1 is 0.564 bits per heavy atom. The molecular weight excluding hydrogens is 493 g/mol. The monoisotopic (exact) mass is 557 g/mol. The standard InChI is InChI=1S/C33H64FNO4/c1-3-5-7-9-10-11-12-13-14-15-16-17-19-23-28-38-32(36)26-22-21-25-31(35)33(37)39-29-27-30(34)24-20-18-8-6-4-2/h30-31H,3-29,35H2,1-2H3. The highest BCUT2D eigenvalue weighted by molar-refractivity contribution is 5.75. The highest BCUT2D eigenvalue weighted by atomic mass is 19.1. The van der Waals surface area contributed by atoms with Gasteiger partial charge in [0.2, 0.25) is 0 Å². The molecule has 0 saturated carbocycles. The van der Waals surface area contributed by atoms with Crippen molar-refractivity contribution in [1.29, 1.82) is 0 Å². The Morgan fingerprint density at radius 2 is 1.03 bits per heavy atom. The van der Waals surface area contributed by atoms with E-state index in [9.17, 15) is 14.0 Å². The van der Waals surface area contributed by atoms with Gasteiger partial charge in [0.1, 0.15) is 12.2 Å². The first-order valence-electron chi connectivity index (χ1n) is 16.7. The van der Waals surface area contributed by atoms with Crippen LogP contribution in [0.25, 0.3) is 0 Å². The molecule has 2 N–H and O–H groups in total. The Kier molecular flexibility index (Phi) is 28.9. The molecule has 0 saturated heterocycles. The van der Waals surface area contributed by atoms with Gasteiger partial charge in [-0.2, -0.15) is 0 Å². The molecule has 0 aromatic carbocycles. The summed E-state index contributed by atoms with van der Waals surface area (Å²) in [6.45, 7) is 5.00. The molecule has 0 aliphatic heterocycles. The Bertz CT molecular complexity index is 546. The van der Waals surface area contributed by atoms with Crippen molar-refractivity contribution >= 4 is 11.9 Å². The number of alkyl halides is 1. The summed E-state index contributed by atoms with van der Waals surface area (Å²) in [7, 11) is 0. The molecule has 0 bridgehead atoms. The first kappa shape index (κ1) is 37.8. The minimum absolute atomic E-state index is 0.0776. The largest absolute Gasteiger partial charge is 0.466 e. The molecular formula is C33H64FNO4. The average molecular weight is 558 g/mol. The van der Waals surface area contributed by atoms with Gasteiger partial charge in [0.15, 0.2) is 0 Å². The summed E-state index contributed by atoms with van der Waals surface area (Å²) in [4.78, 5) is 23.9. The van der Waals surface area contributed by atoms with Gasteiger partial charge in [-0.25, -0.2) is 4.39 Å². The molecule has 0 spiro atoms. The molecule has 0 fully saturated rings. The fourth-order valence-electron chi connectivity index (χ4n) is 4.81. The van der Waals surface area contributed by atoms with E-state index >= 15 is 0 Å². The van der Waals surface area contributed by atoms with Crippen molar-refractivity contribution in [3.05, 3.63) is 0 Å². The third-order valence-corrected chi connectivity index (χ3v) is 7.51. The van der Waals surface area contributed by atoms with Crippen LogP contribution in [0.1, 0.15) is 174 Å². The van der Waals surface area contributed by atoms with Gasteiger partial charge in [0, 0.05) is 12.8 Å². The number of carbonyl (C=O) groups excluding carboxylic acids is 2. The van der Waals surface area contributed by atoms with Gasteiger partial charge in [0.05, 0.1) is 13.2 Å². The van der Waals surface area contributed by atoms with E-state index in [2.05, 4.69) is 13.8 Å². The summed E-state index contributed by atoms with van der Waals surface area (Å²) in [5.41, 5.74) is 5.89. The fraction of sp³-hybridized carbons (Fsp3) is 0.939. The van der Waals surface area contributed by atoms with Gasteiger partial charge in [0.25, 0.3) is 0 Å². The molecule has 0 radical (unpaired) electrons. The quantitative estimate of drug-likeness (QED) is 0.0702. The lowest BCUT2D eigenvalue weighted by molar-refractivity contribution is -0.145. The highest BCUT2D eigenvalue weighted by Gasteiger charge is 2.16.